The number of anilines is 1. The Hall–Kier alpha value is -1.76. The summed E-state index contributed by atoms with van der Waals surface area (Å²) >= 11 is 0.568. The minimum absolute atomic E-state index is 0.0405. The normalized spacial score (nSPS) is 11.7. The topological polar surface area (TPSA) is 26.0 Å². The number of hydrogen-bond acceptors (Lipinski definition) is 2. The van der Waals surface area contributed by atoms with Crippen molar-refractivity contribution < 1.29 is 22.0 Å². The Bertz CT molecular complexity index is 639. The van der Waals surface area contributed by atoms with Gasteiger partial charge in [-0.3, -0.25) is 0 Å². The fourth-order valence-corrected chi connectivity index (χ4v) is 2.48. The minimum Gasteiger partial charge on any atom is -0.399 e. The molecule has 0 radical (unpaired) electrons. The summed E-state index contributed by atoms with van der Waals surface area (Å²) in [7, 11) is 0. The Labute approximate surface area is 115 Å². The zero-order chi connectivity index (χ0) is 14.9. The van der Waals surface area contributed by atoms with Gasteiger partial charge in [-0.1, -0.05) is 11.8 Å². The van der Waals surface area contributed by atoms with Crippen LogP contribution in [0.25, 0.3) is 0 Å². The molecule has 0 aliphatic carbocycles. The second-order valence-corrected chi connectivity index (χ2v) is 5.01. The lowest BCUT2D eigenvalue weighted by Crippen LogP contribution is -2.07. The van der Waals surface area contributed by atoms with E-state index in [0.717, 1.165) is 24.3 Å². The maximum atomic E-state index is 13.5. The van der Waals surface area contributed by atoms with Crippen LogP contribution in [0.1, 0.15) is 5.56 Å². The molecule has 2 rings (SSSR count). The van der Waals surface area contributed by atoms with Crippen LogP contribution in [0.2, 0.25) is 0 Å². The molecule has 2 aromatic carbocycles. The third-order valence-electron chi connectivity index (χ3n) is 2.42. The highest BCUT2D eigenvalue weighted by Gasteiger charge is 2.34. The molecule has 2 aromatic rings. The van der Waals surface area contributed by atoms with E-state index < -0.39 is 23.4 Å². The third kappa shape index (κ3) is 3.22. The van der Waals surface area contributed by atoms with Gasteiger partial charge in [0, 0.05) is 21.5 Å². The van der Waals surface area contributed by atoms with Crippen LogP contribution >= 0.6 is 11.8 Å². The van der Waals surface area contributed by atoms with Crippen LogP contribution in [0.4, 0.5) is 27.6 Å². The highest BCUT2D eigenvalue weighted by molar-refractivity contribution is 7.99. The van der Waals surface area contributed by atoms with Gasteiger partial charge < -0.3 is 5.73 Å². The first-order valence-electron chi connectivity index (χ1n) is 5.37. The fourth-order valence-electron chi connectivity index (χ4n) is 1.53. The predicted molar refractivity (Wildman–Crippen MR) is 66.3 cm³/mol. The number of nitrogen functional groups attached to an aromatic ring is 1. The van der Waals surface area contributed by atoms with Crippen LogP contribution < -0.4 is 5.73 Å². The van der Waals surface area contributed by atoms with E-state index in [-0.39, 0.29) is 15.5 Å². The Morgan fingerprint density at radius 3 is 2.15 bits per heavy atom. The quantitative estimate of drug-likeness (QED) is 0.642. The van der Waals surface area contributed by atoms with E-state index in [1.54, 1.807) is 0 Å². The van der Waals surface area contributed by atoms with Gasteiger partial charge in [0.1, 0.15) is 11.6 Å². The minimum atomic E-state index is -4.60. The average molecular weight is 305 g/mol. The van der Waals surface area contributed by atoms with Crippen LogP contribution in [0, 0.1) is 11.6 Å². The van der Waals surface area contributed by atoms with Crippen molar-refractivity contribution in [1.82, 2.24) is 0 Å². The first kappa shape index (κ1) is 14.6. The number of benzene rings is 2. The number of rotatable bonds is 2. The lowest BCUT2D eigenvalue weighted by atomic mass is 10.2. The van der Waals surface area contributed by atoms with Crippen LogP contribution in [0.15, 0.2) is 46.2 Å². The molecule has 2 N–H and O–H groups in total. The van der Waals surface area contributed by atoms with E-state index in [1.807, 2.05) is 0 Å². The van der Waals surface area contributed by atoms with Crippen LogP contribution in [0.5, 0.6) is 0 Å². The van der Waals surface area contributed by atoms with Gasteiger partial charge >= 0.3 is 6.18 Å². The molecule has 0 aliphatic heterocycles. The summed E-state index contributed by atoms with van der Waals surface area (Å²) in [6, 6.07) is 5.92. The van der Waals surface area contributed by atoms with Crippen LogP contribution in [0.3, 0.4) is 0 Å². The van der Waals surface area contributed by atoms with Gasteiger partial charge in [0.15, 0.2) is 0 Å². The summed E-state index contributed by atoms with van der Waals surface area (Å²) < 4.78 is 64.9. The molecule has 0 aliphatic rings. The monoisotopic (exact) mass is 305 g/mol. The molecule has 0 fully saturated rings. The van der Waals surface area contributed by atoms with E-state index in [4.69, 9.17) is 5.73 Å². The van der Waals surface area contributed by atoms with Crippen LogP contribution in [-0.4, -0.2) is 0 Å². The highest BCUT2D eigenvalue weighted by Crippen LogP contribution is 2.41. The average Bonchev–Trinajstić information content (AvgIpc) is 2.33. The van der Waals surface area contributed by atoms with Crippen LogP contribution in [-0.2, 0) is 6.18 Å². The number of alkyl halides is 3. The van der Waals surface area contributed by atoms with E-state index in [2.05, 4.69) is 0 Å². The third-order valence-corrected chi connectivity index (χ3v) is 3.55. The van der Waals surface area contributed by atoms with E-state index in [9.17, 15) is 22.0 Å². The summed E-state index contributed by atoms with van der Waals surface area (Å²) in [5.41, 5.74) is 4.34. The number of halogens is 5. The lowest BCUT2D eigenvalue weighted by molar-refractivity contribution is -0.139. The van der Waals surface area contributed by atoms with Crippen molar-refractivity contribution >= 4 is 17.4 Å². The maximum absolute atomic E-state index is 13.5. The molecular formula is C13H8F5NS. The molecule has 0 atom stereocenters. The van der Waals surface area contributed by atoms with Crippen molar-refractivity contribution in [1.29, 1.82) is 0 Å². The van der Waals surface area contributed by atoms with Crippen molar-refractivity contribution in [2.45, 2.75) is 16.0 Å². The Kier molecular flexibility index (Phi) is 3.89. The van der Waals surface area contributed by atoms with Crippen molar-refractivity contribution in [2.75, 3.05) is 5.73 Å². The standard InChI is InChI=1S/C13H8F5NS/c14-7-1-3-12(10(15)5-7)20-11-4-2-8(19)6-9(11)13(16,17)18/h1-6H,19H2. The molecule has 0 bridgehead atoms. The largest absolute Gasteiger partial charge is 0.417 e. The Morgan fingerprint density at radius 1 is 0.900 bits per heavy atom. The van der Waals surface area contributed by atoms with Gasteiger partial charge in [-0.15, -0.1) is 0 Å². The molecule has 106 valence electrons. The van der Waals surface area contributed by atoms with E-state index in [0.29, 0.717) is 17.8 Å². The summed E-state index contributed by atoms with van der Waals surface area (Å²) in [6.45, 7) is 0. The molecule has 0 saturated carbocycles. The SMILES string of the molecule is Nc1ccc(Sc2ccc(F)cc2F)c(C(F)(F)F)c1. The summed E-state index contributed by atoms with van der Waals surface area (Å²) in [6.07, 6.45) is -4.60. The molecule has 20 heavy (non-hydrogen) atoms. The molecule has 0 unspecified atom stereocenters. The van der Waals surface area contributed by atoms with Gasteiger partial charge in [0.2, 0.25) is 0 Å². The van der Waals surface area contributed by atoms with Gasteiger partial charge in [-0.2, -0.15) is 13.2 Å². The second kappa shape index (κ2) is 5.32. The van der Waals surface area contributed by atoms with Gasteiger partial charge in [-0.05, 0) is 30.3 Å². The molecule has 7 heteroatoms. The van der Waals surface area contributed by atoms with Gasteiger partial charge in [0.05, 0.1) is 5.56 Å². The zero-order valence-electron chi connectivity index (χ0n) is 9.84. The predicted octanol–water partition coefficient (Wildman–Crippen LogP) is 4.72. The molecule has 0 spiro atoms. The van der Waals surface area contributed by atoms with E-state index >= 15 is 0 Å². The van der Waals surface area contributed by atoms with Gasteiger partial charge in [-0.25, -0.2) is 8.78 Å². The van der Waals surface area contributed by atoms with Crippen molar-refractivity contribution in [3.8, 4) is 0 Å². The van der Waals surface area contributed by atoms with E-state index in [1.165, 1.54) is 6.07 Å². The lowest BCUT2D eigenvalue weighted by Gasteiger charge is -2.13. The molecule has 0 saturated heterocycles. The maximum Gasteiger partial charge on any atom is 0.417 e. The summed E-state index contributed by atoms with van der Waals surface area (Å²) in [5, 5.41) is 0. The van der Waals surface area contributed by atoms with Gasteiger partial charge in [0.25, 0.3) is 0 Å². The second-order valence-electron chi connectivity index (χ2n) is 3.93. The fraction of sp³-hybridized carbons (Fsp3) is 0.0769. The summed E-state index contributed by atoms with van der Waals surface area (Å²) in [5.74, 6) is -1.71. The molecular weight excluding hydrogens is 297 g/mol. The number of nitrogens with two attached hydrogens (primary N) is 1. The first-order valence-corrected chi connectivity index (χ1v) is 6.18. The zero-order valence-corrected chi connectivity index (χ0v) is 10.7. The van der Waals surface area contributed by atoms with Crippen molar-refractivity contribution in [3.05, 3.63) is 53.6 Å². The molecule has 0 amide bonds. The summed E-state index contributed by atoms with van der Waals surface area (Å²) in [4.78, 5) is -0.293. The number of hydrogen-bond donors (Lipinski definition) is 1. The highest BCUT2D eigenvalue weighted by atomic mass is 32.2. The molecule has 1 nitrogen and oxygen atoms in total. The Morgan fingerprint density at radius 2 is 1.55 bits per heavy atom. The molecule has 0 aromatic heterocycles. The van der Waals surface area contributed by atoms with Crippen molar-refractivity contribution in [2.24, 2.45) is 0 Å². The molecule has 0 heterocycles. The van der Waals surface area contributed by atoms with Crippen molar-refractivity contribution in [3.63, 3.8) is 0 Å². The smallest absolute Gasteiger partial charge is 0.399 e. The Balaban J connectivity index is 2.43. The first-order chi connectivity index (χ1) is 9.27.